The Morgan fingerprint density at radius 1 is 0.822 bits per heavy atom. The van der Waals surface area contributed by atoms with E-state index in [0.29, 0.717) is 11.2 Å². The molecule has 4 aromatic heterocycles. The summed E-state index contributed by atoms with van der Waals surface area (Å²) in [4.78, 5) is 42.0. The fourth-order valence-corrected chi connectivity index (χ4v) is 7.38. The summed E-state index contributed by atoms with van der Waals surface area (Å²) in [6.45, 7) is -1.24. The molecule has 7 heterocycles. The Labute approximate surface area is 251 Å². The number of aromatic nitrogens is 7. The number of phosphoric ester groups is 1. The zero-order valence-corrected chi connectivity index (χ0v) is 24.7. The second kappa shape index (κ2) is 11.3. The minimum absolute atomic E-state index is 0.0497. The van der Waals surface area contributed by atoms with Crippen molar-refractivity contribution in [3.63, 3.8) is 0 Å². The molecule has 45 heavy (non-hydrogen) atoms. The summed E-state index contributed by atoms with van der Waals surface area (Å²) in [5.41, 5.74) is 13.0. The smallest absolute Gasteiger partial charge is 0.397 e. The number of pyridine rings is 1. The molecule has 3 aliphatic heterocycles. The molecule has 3 fully saturated rings. The second-order valence-corrected chi connectivity index (χ2v) is 13.6. The molecular formula is C22H27N9O12P2. The molecule has 8 N–H and O–H groups in total. The van der Waals surface area contributed by atoms with Gasteiger partial charge >= 0.3 is 15.4 Å². The Morgan fingerprint density at radius 3 is 2.16 bits per heavy atom. The van der Waals surface area contributed by atoms with Gasteiger partial charge in [0.05, 0.1) is 31.6 Å². The lowest BCUT2D eigenvalue weighted by Crippen LogP contribution is -2.36. The fraction of sp³-hybridized carbons (Fsp3) is 0.500. The average Bonchev–Trinajstić information content (AvgIpc) is 3.74. The molecule has 0 aliphatic carbocycles. The predicted molar refractivity (Wildman–Crippen MR) is 148 cm³/mol. The largest absolute Gasteiger partial charge is 0.472 e. The standard InChI is InChI=1S/C22H27N9O12P2/c23-9-1-2-25-19-12(9)28-6-30(19)21-16-15(33)11(41-21)4-39-45(36,37)43-17-14(32)10(3-38-8-44(34,35)42-16)40-22(17)31-7-29-13-18(24)26-5-27-20(13)31/h1-2,5-7,10-11,14-17,21-22,32-33H,3-4,8H2,(H2,23,25)(H,34,35)(H,36,37)(H2,24,26,27)/t10-,11-,14+,15+,16?,17?,21-,22-/m1/s1. The van der Waals surface area contributed by atoms with Crippen LogP contribution in [0.4, 0.5) is 11.5 Å². The van der Waals surface area contributed by atoms with Gasteiger partial charge in [0, 0.05) is 6.20 Å². The van der Waals surface area contributed by atoms with E-state index in [1.807, 2.05) is 0 Å². The van der Waals surface area contributed by atoms with Crippen molar-refractivity contribution in [3.8, 4) is 0 Å². The number of nitrogen functional groups attached to an aromatic ring is 2. The van der Waals surface area contributed by atoms with E-state index in [1.165, 1.54) is 40.4 Å². The quantitative estimate of drug-likeness (QED) is 0.139. The summed E-state index contributed by atoms with van der Waals surface area (Å²) in [7, 11) is -9.67. The molecule has 3 aliphatic rings. The number of hydrogen-bond acceptors (Lipinski definition) is 17. The summed E-state index contributed by atoms with van der Waals surface area (Å²) in [5, 5.41) is 22.2. The molecular weight excluding hydrogens is 644 g/mol. The maximum Gasteiger partial charge on any atom is 0.472 e. The van der Waals surface area contributed by atoms with Crippen molar-refractivity contribution in [2.75, 3.05) is 31.0 Å². The topological polar surface area (TPSA) is 297 Å². The summed E-state index contributed by atoms with van der Waals surface area (Å²) >= 11 is 0. The van der Waals surface area contributed by atoms with Crippen LogP contribution >= 0.6 is 15.4 Å². The molecule has 21 nitrogen and oxygen atoms in total. The van der Waals surface area contributed by atoms with E-state index in [4.69, 9.17) is 39.2 Å². The van der Waals surface area contributed by atoms with Crippen molar-refractivity contribution in [2.24, 2.45) is 0 Å². The van der Waals surface area contributed by atoms with Crippen molar-refractivity contribution < 1.29 is 56.9 Å². The fourth-order valence-electron chi connectivity index (χ4n) is 5.44. The van der Waals surface area contributed by atoms with Gasteiger partial charge in [-0.2, -0.15) is 0 Å². The highest BCUT2D eigenvalue weighted by Crippen LogP contribution is 2.52. The summed E-state index contributed by atoms with van der Waals surface area (Å²) in [5.74, 6) is 0.0497. The van der Waals surface area contributed by atoms with Crippen LogP contribution in [0.15, 0.2) is 31.2 Å². The van der Waals surface area contributed by atoms with Crippen LogP contribution in [-0.2, 0) is 36.9 Å². The normalized spacial score (nSPS) is 38.0. The first kappa shape index (κ1) is 30.5. The minimum atomic E-state index is -5.03. The SMILES string of the molecule is Nc1ccnc2c1ncn2[C@@H]1O[C@@H]2COP(=O)(O)OC3[C@@H](O)[C@@H](COCP(=O)(O)OC1[C@H]2O)O[C@H]3n1cnc2c(N)ncnc21. The Kier molecular flexibility index (Phi) is 7.63. The second-order valence-electron chi connectivity index (χ2n) is 10.5. The van der Waals surface area contributed by atoms with Crippen molar-refractivity contribution >= 4 is 49.3 Å². The third-order valence-corrected chi connectivity index (χ3v) is 9.60. The lowest BCUT2D eigenvalue weighted by Gasteiger charge is -2.25. The van der Waals surface area contributed by atoms with Gasteiger partial charge in [-0.1, -0.05) is 0 Å². The number of nitrogens with zero attached hydrogens (tertiary/aromatic N) is 7. The molecule has 23 heteroatoms. The molecule has 0 amide bonds. The third kappa shape index (κ3) is 5.50. The molecule has 4 aromatic rings. The Bertz CT molecular complexity index is 1840. The first-order valence-electron chi connectivity index (χ1n) is 13.3. The van der Waals surface area contributed by atoms with Crippen LogP contribution in [0.25, 0.3) is 22.3 Å². The van der Waals surface area contributed by atoms with E-state index in [0.717, 1.165) is 0 Å². The van der Waals surface area contributed by atoms with Crippen molar-refractivity contribution in [1.29, 1.82) is 0 Å². The van der Waals surface area contributed by atoms with Gasteiger partial charge in [-0.3, -0.25) is 27.3 Å². The molecule has 10 atom stereocenters. The third-order valence-electron chi connectivity index (χ3n) is 7.53. The molecule has 7 rings (SSSR count). The number of rotatable bonds is 2. The maximum atomic E-state index is 13.2. The molecule has 4 unspecified atom stereocenters. The molecule has 3 saturated heterocycles. The first-order valence-corrected chi connectivity index (χ1v) is 16.6. The summed E-state index contributed by atoms with van der Waals surface area (Å²) in [6, 6.07) is 1.52. The zero-order chi connectivity index (χ0) is 31.7. The number of ether oxygens (including phenoxy) is 3. The van der Waals surface area contributed by atoms with Crippen LogP contribution in [0.2, 0.25) is 0 Å². The highest BCUT2D eigenvalue weighted by atomic mass is 31.2. The van der Waals surface area contributed by atoms with Gasteiger partial charge in [0.25, 0.3) is 0 Å². The summed E-state index contributed by atoms with van der Waals surface area (Å²) in [6.07, 6.45) is -7.42. The molecule has 242 valence electrons. The number of fused-ring (bicyclic) bond motifs is 6. The van der Waals surface area contributed by atoms with Gasteiger partial charge in [-0.05, 0) is 6.07 Å². The van der Waals surface area contributed by atoms with Crippen LogP contribution in [0, 0.1) is 0 Å². The number of phosphoric acid groups is 1. The van der Waals surface area contributed by atoms with Crippen LogP contribution in [-0.4, -0.2) is 110 Å². The van der Waals surface area contributed by atoms with Gasteiger partial charge in [0.1, 0.15) is 60.3 Å². The molecule has 0 spiro atoms. The highest BCUT2D eigenvalue weighted by molar-refractivity contribution is 7.52. The zero-order valence-electron chi connectivity index (χ0n) is 22.9. The Balaban J connectivity index is 1.21. The molecule has 0 aromatic carbocycles. The van der Waals surface area contributed by atoms with E-state index in [2.05, 4.69) is 24.9 Å². The highest BCUT2D eigenvalue weighted by Gasteiger charge is 2.53. The van der Waals surface area contributed by atoms with Crippen LogP contribution < -0.4 is 11.5 Å². The number of hydrogen-bond donors (Lipinski definition) is 6. The van der Waals surface area contributed by atoms with E-state index >= 15 is 0 Å². The lowest BCUT2D eigenvalue weighted by molar-refractivity contribution is -0.0641. The Morgan fingerprint density at radius 2 is 1.44 bits per heavy atom. The predicted octanol–water partition coefficient (Wildman–Crippen LogP) is -0.987. The molecule has 0 saturated carbocycles. The van der Waals surface area contributed by atoms with Crippen LogP contribution in [0.3, 0.4) is 0 Å². The van der Waals surface area contributed by atoms with E-state index in [-0.39, 0.29) is 22.6 Å². The number of imidazole rings is 2. The van der Waals surface area contributed by atoms with Crippen molar-refractivity contribution in [3.05, 3.63) is 31.2 Å². The number of anilines is 2. The summed E-state index contributed by atoms with van der Waals surface area (Å²) < 4.78 is 62.3. The molecule has 4 bridgehead atoms. The number of aliphatic hydroxyl groups excluding tert-OH is 2. The van der Waals surface area contributed by atoms with Crippen molar-refractivity contribution in [1.82, 2.24) is 34.1 Å². The maximum absolute atomic E-state index is 13.2. The van der Waals surface area contributed by atoms with Crippen LogP contribution in [0.1, 0.15) is 12.5 Å². The minimum Gasteiger partial charge on any atom is -0.397 e. The number of aliphatic hydroxyl groups is 2. The first-order chi connectivity index (χ1) is 21.4. The monoisotopic (exact) mass is 671 g/mol. The van der Waals surface area contributed by atoms with Gasteiger partial charge in [-0.15, -0.1) is 0 Å². The average molecular weight is 671 g/mol. The van der Waals surface area contributed by atoms with Gasteiger partial charge in [0.15, 0.2) is 29.6 Å². The van der Waals surface area contributed by atoms with E-state index in [1.54, 1.807) is 0 Å². The molecule has 0 radical (unpaired) electrons. The lowest BCUT2D eigenvalue weighted by atomic mass is 10.1. The van der Waals surface area contributed by atoms with Gasteiger partial charge in [-0.25, -0.2) is 29.5 Å². The van der Waals surface area contributed by atoms with Crippen LogP contribution in [0.5, 0.6) is 0 Å². The van der Waals surface area contributed by atoms with Crippen molar-refractivity contribution in [2.45, 2.75) is 49.1 Å². The van der Waals surface area contributed by atoms with Gasteiger partial charge in [0.2, 0.25) is 0 Å². The van der Waals surface area contributed by atoms with E-state index < -0.39 is 84.1 Å². The van der Waals surface area contributed by atoms with Gasteiger partial charge < -0.3 is 45.7 Å². The van der Waals surface area contributed by atoms with E-state index in [9.17, 15) is 29.1 Å². The number of nitrogens with two attached hydrogens (primary N) is 2. The Hall–Kier alpha value is -3.17.